The van der Waals surface area contributed by atoms with Gasteiger partial charge in [0, 0.05) is 17.1 Å². The van der Waals surface area contributed by atoms with E-state index >= 15 is 0 Å². The number of aromatic nitrogens is 2. The molecule has 1 heterocycles. The smallest absolute Gasteiger partial charge is 0.264 e. The van der Waals surface area contributed by atoms with Crippen LogP contribution in [0.2, 0.25) is 0 Å². The lowest BCUT2D eigenvalue weighted by atomic mass is 10.1. The van der Waals surface area contributed by atoms with Gasteiger partial charge in [-0.25, -0.2) is 0 Å². The second-order valence-electron chi connectivity index (χ2n) is 5.62. The standard InChI is InChI=1S/C19H19N3O2S/c1-3-14-6-10-16(11-7-14)24-12-17(23)20-19-21-18(22-25-19)15-8-4-13(2)5-9-15/h4-11H,3,12H2,1-2H3,(H,20,21,22,23). The molecule has 0 saturated heterocycles. The molecule has 0 aliphatic rings. The number of ether oxygens (including phenoxy) is 1. The minimum absolute atomic E-state index is 0.0646. The number of anilines is 1. The SMILES string of the molecule is CCc1ccc(OCC(=O)Nc2nc(-c3ccc(C)cc3)ns2)cc1. The minimum atomic E-state index is -0.258. The average Bonchev–Trinajstić information content (AvgIpc) is 3.09. The van der Waals surface area contributed by atoms with E-state index in [1.165, 1.54) is 11.1 Å². The number of carbonyl (C=O) groups excluding carboxylic acids is 1. The molecule has 1 aromatic heterocycles. The van der Waals surface area contributed by atoms with Crippen LogP contribution in [0, 0.1) is 6.92 Å². The molecule has 0 radical (unpaired) electrons. The van der Waals surface area contributed by atoms with E-state index in [1.807, 2.05) is 55.5 Å². The van der Waals surface area contributed by atoms with Crippen LogP contribution in [0.25, 0.3) is 11.4 Å². The molecular weight excluding hydrogens is 334 g/mol. The van der Waals surface area contributed by atoms with Crippen molar-refractivity contribution in [2.75, 3.05) is 11.9 Å². The van der Waals surface area contributed by atoms with E-state index < -0.39 is 0 Å². The van der Waals surface area contributed by atoms with E-state index in [0.717, 1.165) is 23.5 Å². The molecule has 0 bridgehead atoms. The van der Waals surface area contributed by atoms with E-state index in [0.29, 0.717) is 16.7 Å². The van der Waals surface area contributed by atoms with Crippen LogP contribution in [0.3, 0.4) is 0 Å². The molecule has 0 atom stereocenters. The third-order valence-corrected chi connectivity index (χ3v) is 4.31. The molecule has 1 amide bonds. The van der Waals surface area contributed by atoms with E-state index in [2.05, 4.69) is 21.6 Å². The van der Waals surface area contributed by atoms with E-state index in [1.54, 1.807) is 0 Å². The molecule has 3 rings (SSSR count). The predicted molar refractivity (Wildman–Crippen MR) is 100 cm³/mol. The van der Waals surface area contributed by atoms with E-state index in [4.69, 9.17) is 4.74 Å². The Morgan fingerprint density at radius 1 is 1.12 bits per heavy atom. The maximum Gasteiger partial charge on any atom is 0.264 e. The Hall–Kier alpha value is -2.73. The molecular formula is C19H19N3O2S. The number of amides is 1. The fourth-order valence-corrected chi connectivity index (χ4v) is 2.83. The highest BCUT2D eigenvalue weighted by Gasteiger charge is 2.10. The third-order valence-electron chi connectivity index (χ3n) is 3.68. The van der Waals surface area contributed by atoms with Gasteiger partial charge in [0.25, 0.3) is 5.91 Å². The van der Waals surface area contributed by atoms with E-state index in [9.17, 15) is 4.79 Å². The first kappa shape index (κ1) is 17.1. The molecule has 128 valence electrons. The number of rotatable bonds is 6. The molecule has 3 aromatic rings. The normalized spacial score (nSPS) is 10.5. The summed E-state index contributed by atoms with van der Waals surface area (Å²) in [5.74, 6) is 1.02. The number of benzene rings is 2. The quantitative estimate of drug-likeness (QED) is 0.725. The number of nitrogens with one attached hydrogen (secondary N) is 1. The summed E-state index contributed by atoms with van der Waals surface area (Å²) < 4.78 is 9.77. The van der Waals surface area contributed by atoms with Crippen molar-refractivity contribution in [1.82, 2.24) is 9.36 Å². The second-order valence-corrected chi connectivity index (χ2v) is 6.38. The first-order valence-electron chi connectivity index (χ1n) is 8.06. The molecule has 0 spiro atoms. The molecule has 0 saturated carbocycles. The fourth-order valence-electron chi connectivity index (χ4n) is 2.22. The monoisotopic (exact) mass is 353 g/mol. The summed E-state index contributed by atoms with van der Waals surface area (Å²) in [5, 5.41) is 3.18. The highest BCUT2D eigenvalue weighted by Crippen LogP contribution is 2.21. The van der Waals surface area contributed by atoms with Crippen molar-refractivity contribution in [3.8, 4) is 17.1 Å². The first-order chi connectivity index (χ1) is 12.1. The lowest BCUT2D eigenvalue weighted by Gasteiger charge is -2.06. The summed E-state index contributed by atoms with van der Waals surface area (Å²) in [6.45, 7) is 4.06. The molecule has 6 heteroatoms. The summed E-state index contributed by atoms with van der Waals surface area (Å²) in [4.78, 5) is 16.3. The molecule has 0 fully saturated rings. The highest BCUT2D eigenvalue weighted by molar-refractivity contribution is 7.10. The van der Waals surface area contributed by atoms with Crippen molar-refractivity contribution in [3.05, 3.63) is 59.7 Å². The maximum atomic E-state index is 12.0. The summed E-state index contributed by atoms with van der Waals surface area (Å²) in [6.07, 6.45) is 0.973. The molecule has 5 nitrogen and oxygen atoms in total. The van der Waals surface area contributed by atoms with E-state index in [-0.39, 0.29) is 12.5 Å². The summed E-state index contributed by atoms with van der Waals surface area (Å²) in [5.41, 5.74) is 3.33. The highest BCUT2D eigenvalue weighted by atomic mass is 32.1. The predicted octanol–water partition coefficient (Wildman–Crippen LogP) is 4.09. The van der Waals surface area contributed by atoms with Crippen molar-refractivity contribution < 1.29 is 9.53 Å². The average molecular weight is 353 g/mol. The topological polar surface area (TPSA) is 64.1 Å². The van der Waals surface area contributed by atoms with Crippen LogP contribution in [-0.4, -0.2) is 21.9 Å². The maximum absolute atomic E-state index is 12.0. The van der Waals surface area contributed by atoms with Gasteiger partial charge in [0.15, 0.2) is 12.4 Å². The number of carbonyl (C=O) groups is 1. The van der Waals surface area contributed by atoms with Crippen LogP contribution >= 0.6 is 11.5 Å². The van der Waals surface area contributed by atoms with Gasteiger partial charge in [-0.05, 0) is 31.0 Å². The van der Waals surface area contributed by atoms with Crippen molar-refractivity contribution in [2.24, 2.45) is 0 Å². The zero-order chi connectivity index (χ0) is 17.6. The Labute approximate surface area is 150 Å². The van der Waals surface area contributed by atoms with Gasteiger partial charge in [0.05, 0.1) is 0 Å². The molecule has 25 heavy (non-hydrogen) atoms. The Bertz CT molecular complexity index is 842. The molecule has 1 N–H and O–H groups in total. The lowest BCUT2D eigenvalue weighted by molar-refractivity contribution is -0.118. The Balaban J connectivity index is 1.55. The minimum Gasteiger partial charge on any atom is -0.484 e. The third kappa shape index (κ3) is 4.64. The zero-order valence-electron chi connectivity index (χ0n) is 14.2. The lowest BCUT2D eigenvalue weighted by Crippen LogP contribution is -2.20. The van der Waals surface area contributed by atoms with Crippen molar-refractivity contribution in [3.63, 3.8) is 0 Å². The largest absolute Gasteiger partial charge is 0.484 e. The van der Waals surface area contributed by atoms with Gasteiger partial charge < -0.3 is 4.74 Å². The van der Waals surface area contributed by atoms with Gasteiger partial charge in [-0.15, -0.1) is 0 Å². The number of hydrogen-bond acceptors (Lipinski definition) is 5. The van der Waals surface area contributed by atoms with Crippen molar-refractivity contribution in [1.29, 1.82) is 0 Å². The van der Waals surface area contributed by atoms with Gasteiger partial charge >= 0.3 is 0 Å². The van der Waals surface area contributed by atoms with Gasteiger partial charge in [-0.1, -0.05) is 48.9 Å². The molecule has 0 aliphatic carbocycles. The second kappa shape index (κ2) is 7.90. The van der Waals surface area contributed by atoms with Gasteiger partial charge in [-0.3, -0.25) is 10.1 Å². The van der Waals surface area contributed by atoms with Crippen LogP contribution in [-0.2, 0) is 11.2 Å². The molecule has 0 aliphatic heterocycles. The Kier molecular flexibility index (Phi) is 5.40. The van der Waals surface area contributed by atoms with Crippen LogP contribution in [0.1, 0.15) is 18.1 Å². The Morgan fingerprint density at radius 2 is 1.84 bits per heavy atom. The molecule has 2 aromatic carbocycles. The van der Waals surface area contributed by atoms with Crippen LogP contribution < -0.4 is 10.1 Å². The van der Waals surface area contributed by atoms with Crippen molar-refractivity contribution >= 4 is 22.6 Å². The number of aryl methyl sites for hydroxylation is 2. The number of hydrogen-bond donors (Lipinski definition) is 1. The van der Waals surface area contributed by atoms with Gasteiger partial charge in [-0.2, -0.15) is 9.36 Å². The number of nitrogens with zero attached hydrogens (tertiary/aromatic N) is 2. The van der Waals surface area contributed by atoms with Crippen molar-refractivity contribution in [2.45, 2.75) is 20.3 Å². The summed E-state index contributed by atoms with van der Waals surface area (Å²) >= 11 is 1.15. The van der Waals surface area contributed by atoms with Gasteiger partial charge in [0.1, 0.15) is 5.75 Å². The summed E-state index contributed by atoms with van der Waals surface area (Å²) in [7, 11) is 0. The zero-order valence-corrected chi connectivity index (χ0v) is 15.0. The van der Waals surface area contributed by atoms with Crippen LogP contribution in [0.15, 0.2) is 48.5 Å². The van der Waals surface area contributed by atoms with Gasteiger partial charge in [0.2, 0.25) is 5.13 Å². The molecule has 0 unspecified atom stereocenters. The fraction of sp³-hybridized carbons (Fsp3) is 0.211. The first-order valence-corrected chi connectivity index (χ1v) is 8.83. The summed E-state index contributed by atoms with van der Waals surface area (Å²) in [6, 6.07) is 15.7. The Morgan fingerprint density at radius 3 is 2.52 bits per heavy atom. The van der Waals surface area contributed by atoms with Crippen LogP contribution in [0.4, 0.5) is 5.13 Å². The van der Waals surface area contributed by atoms with Crippen LogP contribution in [0.5, 0.6) is 5.75 Å².